The summed E-state index contributed by atoms with van der Waals surface area (Å²) in [5.74, 6) is 0.257. The third-order valence-electron chi connectivity index (χ3n) is 1.73. The highest BCUT2D eigenvalue weighted by atomic mass is 28.4. The molecule has 0 unspecified atom stereocenters. The minimum absolute atomic E-state index is 0.299. The maximum Gasteiger partial charge on any atom is 0.328 e. The SMILES string of the molecule is COc1ccccc1C(=O)O[Si](C)(C)C. The molecule has 0 aliphatic heterocycles. The van der Waals surface area contributed by atoms with Crippen LogP contribution < -0.4 is 4.74 Å². The molecule has 0 saturated heterocycles. The predicted molar refractivity (Wildman–Crippen MR) is 61.8 cm³/mol. The van der Waals surface area contributed by atoms with Crippen molar-refractivity contribution in [1.82, 2.24) is 0 Å². The van der Waals surface area contributed by atoms with Crippen LogP contribution in [-0.2, 0) is 4.43 Å². The van der Waals surface area contributed by atoms with Gasteiger partial charge in [0, 0.05) is 0 Å². The van der Waals surface area contributed by atoms with Gasteiger partial charge in [0.1, 0.15) is 11.3 Å². The van der Waals surface area contributed by atoms with Crippen LogP contribution in [0.4, 0.5) is 0 Å². The summed E-state index contributed by atoms with van der Waals surface area (Å²) in [4.78, 5) is 11.8. The molecule has 0 bridgehead atoms. The summed E-state index contributed by atoms with van der Waals surface area (Å²) in [5.41, 5.74) is 0.488. The zero-order chi connectivity index (χ0) is 11.5. The van der Waals surface area contributed by atoms with Gasteiger partial charge in [0.05, 0.1) is 7.11 Å². The highest BCUT2D eigenvalue weighted by Crippen LogP contribution is 2.19. The molecule has 15 heavy (non-hydrogen) atoms. The lowest BCUT2D eigenvalue weighted by Crippen LogP contribution is -2.29. The van der Waals surface area contributed by atoms with E-state index in [0.717, 1.165) is 0 Å². The Morgan fingerprint density at radius 3 is 2.33 bits per heavy atom. The molecule has 0 aliphatic rings. The van der Waals surface area contributed by atoms with E-state index in [9.17, 15) is 4.79 Å². The molecule has 0 amide bonds. The Bertz CT molecular complexity index is 355. The second-order valence-corrected chi connectivity index (χ2v) is 8.63. The fourth-order valence-corrected chi connectivity index (χ4v) is 1.81. The molecular formula is C11H16O3Si. The average molecular weight is 224 g/mol. The summed E-state index contributed by atoms with van der Waals surface area (Å²) >= 11 is 0. The van der Waals surface area contributed by atoms with Gasteiger partial charge < -0.3 is 9.16 Å². The van der Waals surface area contributed by atoms with E-state index in [1.54, 1.807) is 25.3 Å². The van der Waals surface area contributed by atoms with Crippen LogP contribution in [0.1, 0.15) is 10.4 Å². The highest BCUT2D eigenvalue weighted by Gasteiger charge is 2.22. The van der Waals surface area contributed by atoms with Crippen LogP contribution in [-0.4, -0.2) is 21.4 Å². The smallest absolute Gasteiger partial charge is 0.328 e. The lowest BCUT2D eigenvalue weighted by molar-refractivity contribution is 0.0721. The summed E-state index contributed by atoms with van der Waals surface area (Å²) in [5, 5.41) is 0. The van der Waals surface area contributed by atoms with Gasteiger partial charge in [-0.3, -0.25) is 0 Å². The zero-order valence-corrected chi connectivity index (χ0v) is 10.5. The Balaban J connectivity index is 2.91. The summed E-state index contributed by atoms with van der Waals surface area (Å²) in [6, 6.07) is 7.08. The standard InChI is InChI=1S/C11H16O3Si/c1-13-10-8-6-5-7-9(10)11(12)14-15(2,3)4/h5-8H,1-4H3. The second kappa shape index (κ2) is 4.48. The normalized spacial score (nSPS) is 10.9. The molecule has 1 aromatic carbocycles. The van der Waals surface area contributed by atoms with Crippen LogP contribution in [0.25, 0.3) is 0 Å². The minimum Gasteiger partial charge on any atom is -0.516 e. The average Bonchev–Trinajstić information content (AvgIpc) is 2.15. The molecule has 0 atom stereocenters. The van der Waals surface area contributed by atoms with E-state index in [1.807, 2.05) is 25.7 Å². The Labute approximate surface area is 91.1 Å². The van der Waals surface area contributed by atoms with Gasteiger partial charge in [0.25, 0.3) is 0 Å². The number of rotatable bonds is 3. The number of hydrogen-bond donors (Lipinski definition) is 0. The number of benzene rings is 1. The molecule has 1 aromatic rings. The van der Waals surface area contributed by atoms with Crippen LogP contribution in [0.3, 0.4) is 0 Å². The van der Waals surface area contributed by atoms with E-state index < -0.39 is 8.32 Å². The first kappa shape index (κ1) is 11.8. The summed E-state index contributed by atoms with van der Waals surface area (Å²) < 4.78 is 10.5. The fraction of sp³-hybridized carbons (Fsp3) is 0.364. The maximum atomic E-state index is 11.8. The van der Waals surface area contributed by atoms with Crippen LogP contribution >= 0.6 is 0 Å². The van der Waals surface area contributed by atoms with Crippen molar-refractivity contribution in [3.63, 3.8) is 0 Å². The quantitative estimate of drug-likeness (QED) is 0.740. The number of methoxy groups -OCH3 is 1. The molecule has 0 N–H and O–H groups in total. The molecule has 0 spiro atoms. The van der Waals surface area contributed by atoms with E-state index in [4.69, 9.17) is 9.16 Å². The number of para-hydroxylation sites is 1. The molecular weight excluding hydrogens is 208 g/mol. The second-order valence-electron chi connectivity index (χ2n) is 4.20. The molecule has 4 heteroatoms. The Hall–Kier alpha value is -1.29. The zero-order valence-electron chi connectivity index (χ0n) is 9.53. The summed E-state index contributed by atoms with van der Waals surface area (Å²) in [6.45, 7) is 5.92. The predicted octanol–water partition coefficient (Wildman–Crippen LogP) is 2.69. The highest BCUT2D eigenvalue weighted by molar-refractivity contribution is 6.71. The molecule has 0 aromatic heterocycles. The van der Waals surface area contributed by atoms with E-state index in [2.05, 4.69) is 0 Å². The first-order valence-corrected chi connectivity index (χ1v) is 8.21. The van der Waals surface area contributed by atoms with Crippen molar-refractivity contribution in [2.45, 2.75) is 19.6 Å². The number of hydrogen-bond acceptors (Lipinski definition) is 3. The van der Waals surface area contributed by atoms with Crippen molar-refractivity contribution in [3.05, 3.63) is 29.8 Å². The summed E-state index contributed by atoms with van der Waals surface area (Å²) in [6.07, 6.45) is 0. The van der Waals surface area contributed by atoms with Crippen molar-refractivity contribution < 1.29 is 14.0 Å². The van der Waals surface area contributed by atoms with Gasteiger partial charge in [-0.25, -0.2) is 4.79 Å². The van der Waals surface area contributed by atoms with Crippen molar-refractivity contribution in [2.75, 3.05) is 7.11 Å². The van der Waals surface area contributed by atoms with Gasteiger partial charge in [-0.2, -0.15) is 0 Å². The van der Waals surface area contributed by atoms with Crippen molar-refractivity contribution in [3.8, 4) is 5.75 Å². The first-order valence-electron chi connectivity index (χ1n) is 4.80. The van der Waals surface area contributed by atoms with Gasteiger partial charge in [-0.05, 0) is 31.8 Å². The van der Waals surface area contributed by atoms with Crippen molar-refractivity contribution in [2.24, 2.45) is 0 Å². The molecule has 0 fully saturated rings. The molecule has 82 valence electrons. The van der Waals surface area contributed by atoms with Crippen molar-refractivity contribution in [1.29, 1.82) is 0 Å². The third-order valence-corrected chi connectivity index (χ3v) is 2.52. The Kier molecular flexibility index (Phi) is 3.52. The van der Waals surface area contributed by atoms with E-state index in [1.165, 1.54) is 0 Å². The molecule has 3 nitrogen and oxygen atoms in total. The van der Waals surface area contributed by atoms with Gasteiger partial charge in [0.15, 0.2) is 0 Å². The van der Waals surface area contributed by atoms with Crippen LogP contribution in [0, 0.1) is 0 Å². The fourth-order valence-electron chi connectivity index (χ4n) is 1.15. The van der Waals surface area contributed by atoms with Gasteiger partial charge in [-0.1, -0.05) is 12.1 Å². The van der Waals surface area contributed by atoms with Gasteiger partial charge in [0.2, 0.25) is 8.32 Å². The first-order chi connectivity index (χ1) is 6.94. The van der Waals surface area contributed by atoms with Gasteiger partial charge in [-0.15, -0.1) is 0 Å². The number of ether oxygens (including phenoxy) is 1. The lowest BCUT2D eigenvalue weighted by atomic mass is 10.2. The topological polar surface area (TPSA) is 35.5 Å². The van der Waals surface area contributed by atoms with Crippen molar-refractivity contribution >= 4 is 14.3 Å². The number of carbonyl (C=O) groups excluding carboxylic acids is 1. The molecule has 1 rings (SSSR count). The molecule has 0 aliphatic carbocycles. The Morgan fingerprint density at radius 2 is 1.80 bits per heavy atom. The third kappa shape index (κ3) is 3.40. The number of carbonyl (C=O) groups is 1. The van der Waals surface area contributed by atoms with E-state index in [-0.39, 0.29) is 5.97 Å². The van der Waals surface area contributed by atoms with E-state index >= 15 is 0 Å². The van der Waals surface area contributed by atoms with Crippen LogP contribution in [0.2, 0.25) is 19.6 Å². The molecule has 0 radical (unpaired) electrons. The maximum absolute atomic E-state index is 11.8. The van der Waals surface area contributed by atoms with Crippen LogP contribution in [0.15, 0.2) is 24.3 Å². The van der Waals surface area contributed by atoms with Gasteiger partial charge >= 0.3 is 5.97 Å². The van der Waals surface area contributed by atoms with E-state index in [0.29, 0.717) is 11.3 Å². The summed E-state index contributed by atoms with van der Waals surface area (Å²) in [7, 11) is -0.302. The minimum atomic E-state index is -1.84. The largest absolute Gasteiger partial charge is 0.516 e. The monoisotopic (exact) mass is 224 g/mol. The lowest BCUT2D eigenvalue weighted by Gasteiger charge is -2.18. The molecule has 0 saturated carbocycles. The van der Waals surface area contributed by atoms with Crippen LogP contribution in [0.5, 0.6) is 5.75 Å². The molecule has 0 heterocycles. The Morgan fingerprint density at radius 1 is 1.20 bits per heavy atom.